The third-order valence-electron chi connectivity index (χ3n) is 5.02. The molecule has 3 rings (SSSR count). The van der Waals surface area contributed by atoms with E-state index in [1.54, 1.807) is 7.11 Å². The van der Waals surface area contributed by atoms with Gasteiger partial charge in [0, 0.05) is 55.4 Å². The Bertz CT molecular complexity index is 722. The summed E-state index contributed by atoms with van der Waals surface area (Å²) in [5, 5.41) is 4.25. The van der Waals surface area contributed by atoms with Crippen molar-refractivity contribution in [3.63, 3.8) is 0 Å². The molecule has 0 spiro atoms. The molecule has 0 aliphatic carbocycles. The monoisotopic (exact) mass is 329 g/mol. The first kappa shape index (κ1) is 17.0. The zero-order valence-corrected chi connectivity index (χ0v) is 15.0. The summed E-state index contributed by atoms with van der Waals surface area (Å²) >= 11 is 0. The van der Waals surface area contributed by atoms with Crippen molar-refractivity contribution in [3.8, 4) is 0 Å². The molecule has 5 heteroatoms. The van der Waals surface area contributed by atoms with Crippen molar-refractivity contribution in [2.45, 2.75) is 45.5 Å². The molecule has 1 aliphatic rings. The van der Waals surface area contributed by atoms with E-state index in [1.807, 2.05) is 18.2 Å². The van der Waals surface area contributed by atoms with Crippen molar-refractivity contribution in [3.05, 3.63) is 36.0 Å². The molecule has 2 atom stereocenters. The minimum absolute atomic E-state index is 0.0286. The van der Waals surface area contributed by atoms with E-state index in [2.05, 4.69) is 47.8 Å². The van der Waals surface area contributed by atoms with E-state index in [1.165, 1.54) is 0 Å². The first-order chi connectivity index (χ1) is 11.5. The molecule has 1 amide bonds. The summed E-state index contributed by atoms with van der Waals surface area (Å²) in [6, 6.07) is 8.44. The van der Waals surface area contributed by atoms with Gasteiger partial charge in [0.05, 0.1) is 12.1 Å². The quantitative estimate of drug-likeness (QED) is 0.917. The van der Waals surface area contributed by atoms with Gasteiger partial charge in [-0.2, -0.15) is 0 Å². The Balaban J connectivity index is 1.74. The summed E-state index contributed by atoms with van der Waals surface area (Å²) in [7, 11) is 1.72. The molecule has 24 heavy (non-hydrogen) atoms. The fraction of sp³-hybridized carbons (Fsp3) is 0.526. The van der Waals surface area contributed by atoms with Gasteiger partial charge in [0.15, 0.2) is 0 Å². The van der Waals surface area contributed by atoms with Gasteiger partial charge in [0.2, 0.25) is 0 Å². The van der Waals surface area contributed by atoms with Gasteiger partial charge in [-0.05, 0) is 45.0 Å². The van der Waals surface area contributed by atoms with Crippen LogP contribution in [0.15, 0.2) is 30.5 Å². The van der Waals surface area contributed by atoms with E-state index in [4.69, 9.17) is 4.74 Å². The van der Waals surface area contributed by atoms with Crippen LogP contribution in [0.1, 0.15) is 31.1 Å². The standard InChI is InChI=1S/C19H27N3O2/c1-5-21-9-8-14-10-15(6-7-17(14)21)19(23)20-16-11-22(13(2)3)12-18(16)24-4/h6-10,13,16,18H,5,11-12H2,1-4H3,(H,20,23)/t16-,18-/m1/s1. The van der Waals surface area contributed by atoms with E-state index in [0.717, 1.165) is 30.5 Å². The number of carbonyl (C=O) groups is 1. The summed E-state index contributed by atoms with van der Waals surface area (Å²) in [6.07, 6.45) is 2.10. The highest BCUT2D eigenvalue weighted by atomic mass is 16.5. The fourth-order valence-electron chi connectivity index (χ4n) is 3.47. The molecule has 1 aromatic carbocycles. The Morgan fingerprint density at radius 1 is 1.33 bits per heavy atom. The largest absolute Gasteiger partial charge is 0.378 e. The third kappa shape index (κ3) is 3.19. The maximum absolute atomic E-state index is 12.7. The second-order valence-corrected chi connectivity index (χ2v) is 6.78. The fourth-order valence-corrected chi connectivity index (χ4v) is 3.47. The van der Waals surface area contributed by atoms with Crippen LogP contribution in [0.3, 0.4) is 0 Å². The molecule has 0 saturated carbocycles. The highest BCUT2D eigenvalue weighted by molar-refractivity contribution is 5.98. The summed E-state index contributed by atoms with van der Waals surface area (Å²) in [5.41, 5.74) is 1.87. The number of nitrogens with zero attached hydrogens (tertiary/aromatic N) is 2. The summed E-state index contributed by atoms with van der Waals surface area (Å²) in [4.78, 5) is 15.0. The van der Waals surface area contributed by atoms with Crippen LogP contribution in [0, 0.1) is 0 Å². The predicted molar refractivity (Wildman–Crippen MR) is 96.4 cm³/mol. The van der Waals surface area contributed by atoms with Crippen LogP contribution in [0.5, 0.6) is 0 Å². The number of benzene rings is 1. The third-order valence-corrected chi connectivity index (χ3v) is 5.02. The number of hydrogen-bond donors (Lipinski definition) is 1. The molecule has 1 aliphatic heterocycles. The first-order valence-electron chi connectivity index (χ1n) is 8.70. The average Bonchev–Trinajstić information content (AvgIpc) is 3.17. The first-order valence-corrected chi connectivity index (χ1v) is 8.70. The molecule has 1 N–H and O–H groups in total. The lowest BCUT2D eigenvalue weighted by molar-refractivity contribution is 0.0753. The highest BCUT2D eigenvalue weighted by Gasteiger charge is 2.35. The number of methoxy groups -OCH3 is 1. The Kier molecular flexibility index (Phi) is 4.92. The van der Waals surface area contributed by atoms with Crippen LogP contribution in [0.4, 0.5) is 0 Å². The number of ether oxygens (including phenoxy) is 1. The summed E-state index contributed by atoms with van der Waals surface area (Å²) in [6.45, 7) is 9.07. The van der Waals surface area contributed by atoms with Gasteiger partial charge in [-0.15, -0.1) is 0 Å². The minimum atomic E-state index is -0.0289. The summed E-state index contributed by atoms with van der Waals surface area (Å²) < 4.78 is 7.75. The average molecular weight is 329 g/mol. The van der Waals surface area contributed by atoms with Crippen molar-refractivity contribution in [2.75, 3.05) is 20.2 Å². The Hall–Kier alpha value is -1.85. The lowest BCUT2D eigenvalue weighted by Gasteiger charge is -2.20. The number of hydrogen-bond acceptors (Lipinski definition) is 3. The zero-order valence-electron chi connectivity index (χ0n) is 15.0. The van der Waals surface area contributed by atoms with Crippen LogP contribution in [0.2, 0.25) is 0 Å². The maximum Gasteiger partial charge on any atom is 0.251 e. The van der Waals surface area contributed by atoms with Crippen LogP contribution in [0.25, 0.3) is 10.9 Å². The second kappa shape index (κ2) is 6.95. The van der Waals surface area contributed by atoms with Crippen LogP contribution in [-0.4, -0.2) is 53.8 Å². The number of amides is 1. The van der Waals surface area contributed by atoms with E-state index in [9.17, 15) is 4.79 Å². The van der Waals surface area contributed by atoms with Gasteiger partial charge in [0.25, 0.3) is 5.91 Å². The topological polar surface area (TPSA) is 46.5 Å². The number of nitrogens with one attached hydrogen (secondary N) is 1. The van der Waals surface area contributed by atoms with E-state index in [-0.39, 0.29) is 18.1 Å². The van der Waals surface area contributed by atoms with E-state index < -0.39 is 0 Å². The SMILES string of the molecule is CCn1ccc2cc(C(=O)N[C@@H]3CN(C(C)C)C[C@H]3OC)ccc21. The van der Waals surface area contributed by atoms with Crippen LogP contribution >= 0.6 is 0 Å². The number of fused-ring (bicyclic) bond motifs is 1. The number of aromatic nitrogens is 1. The van der Waals surface area contributed by atoms with Gasteiger partial charge < -0.3 is 14.6 Å². The van der Waals surface area contributed by atoms with Gasteiger partial charge in [-0.1, -0.05) is 0 Å². The van der Waals surface area contributed by atoms with Gasteiger partial charge in [-0.3, -0.25) is 9.69 Å². The summed E-state index contributed by atoms with van der Waals surface area (Å²) in [5.74, 6) is -0.0289. The smallest absolute Gasteiger partial charge is 0.251 e. The van der Waals surface area contributed by atoms with Gasteiger partial charge in [-0.25, -0.2) is 0 Å². The van der Waals surface area contributed by atoms with Crippen LogP contribution < -0.4 is 5.32 Å². The molecule has 0 radical (unpaired) electrons. The number of aryl methyl sites for hydroxylation is 1. The number of carbonyl (C=O) groups excluding carboxylic acids is 1. The van der Waals surface area contributed by atoms with Crippen molar-refractivity contribution in [1.82, 2.24) is 14.8 Å². The molecule has 0 bridgehead atoms. The molecule has 5 nitrogen and oxygen atoms in total. The van der Waals surface area contributed by atoms with Crippen molar-refractivity contribution >= 4 is 16.8 Å². The van der Waals surface area contributed by atoms with Crippen molar-refractivity contribution in [2.24, 2.45) is 0 Å². The lowest BCUT2D eigenvalue weighted by Crippen LogP contribution is -2.43. The molecule has 1 aromatic heterocycles. The zero-order chi connectivity index (χ0) is 17.3. The molecular weight excluding hydrogens is 302 g/mol. The predicted octanol–water partition coefficient (Wildman–Crippen LogP) is 2.50. The van der Waals surface area contributed by atoms with Crippen molar-refractivity contribution < 1.29 is 9.53 Å². The Morgan fingerprint density at radius 3 is 2.79 bits per heavy atom. The number of rotatable bonds is 5. The van der Waals surface area contributed by atoms with Gasteiger partial charge in [0.1, 0.15) is 0 Å². The molecule has 130 valence electrons. The Labute approximate surface area is 143 Å². The normalized spacial score (nSPS) is 21.7. The van der Waals surface area contributed by atoms with E-state index >= 15 is 0 Å². The molecule has 0 unspecified atom stereocenters. The van der Waals surface area contributed by atoms with Gasteiger partial charge >= 0.3 is 0 Å². The Morgan fingerprint density at radius 2 is 2.12 bits per heavy atom. The minimum Gasteiger partial charge on any atom is -0.378 e. The lowest BCUT2D eigenvalue weighted by atomic mass is 10.1. The second-order valence-electron chi connectivity index (χ2n) is 6.78. The molecule has 1 fully saturated rings. The molecule has 2 aromatic rings. The number of likely N-dealkylation sites (tertiary alicyclic amines) is 1. The van der Waals surface area contributed by atoms with Crippen molar-refractivity contribution in [1.29, 1.82) is 0 Å². The maximum atomic E-state index is 12.7. The molecular formula is C19H27N3O2. The van der Waals surface area contributed by atoms with Crippen LogP contribution in [-0.2, 0) is 11.3 Å². The molecule has 1 saturated heterocycles. The highest BCUT2D eigenvalue weighted by Crippen LogP contribution is 2.19. The molecule has 2 heterocycles. The van der Waals surface area contributed by atoms with E-state index in [0.29, 0.717) is 11.6 Å².